The van der Waals surface area contributed by atoms with E-state index in [4.69, 9.17) is 4.74 Å². The highest BCUT2D eigenvalue weighted by atomic mass is 32.2. The van der Waals surface area contributed by atoms with E-state index >= 15 is 0 Å². The summed E-state index contributed by atoms with van der Waals surface area (Å²) in [4.78, 5) is 12.2. The minimum atomic E-state index is -0.130. The van der Waals surface area contributed by atoms with Crippen LogP contribution in [0.2, 0.25) is 0 Å². The molecule has 2 aliphatic rings. The highest BCUT2D eigenvalue weighted by molar-refractivity contribution is 7.99. The Hall–Kier alpha value is -1.16. The number of benzene rings is 1. The van der Waals surface area contributed by atoms with Gasteiger partial charge in [-0.1, -0.05) is 33.3 Å². The van der Waals surface area contributed by atoms with Gasteiger partial charge in [0.25, 0.3) is 0 Å². The summed E-state index contributed by atoms with van der Waals surface area (Å²) in [6.45, 7) is 10.8. The molecule has 1 N–H and O–H groups in total. The van der Waals surface area contributed by atoms with Crippen molar-refractivity contribution in [2.45, 2.75) is 83.8 Å². The molecular weight excluding hydrogens is 368 g/mol. The maximum atomic E-state index is 12.2. The molecule has 0 aromatic heterocycles. The minimum absolute atomic E-state index is 0.115. The smallest absolute Gasteiger partial charge is 0.306 e. The van der Waals surface area contributed by atoms with Crippen molar-refractivity contribution in [1.29, 1.82) is 0 Å². The summed E-state index contributed by atoms with van der Waals surface area (Å²) in [5.41, 5.74) is 3.94. The lowest BCUT2D eigenvalue weighted by atomic mass is 9.82. The Morgan fingerprint density at radius 2 is 1.96 bits per heavy atom. The van der Waals surface area contributed by atoms with E-state index in [2.05, 4.69) is 26.8 Å². The number of thioether (sulfide) groups is 1. The molecule has 1 aromatic carbocycles. The normalized spacial score (nSPS) is 24.0. The fourth-order valence-electron chi connectivity index (χ4n) is 4.86. The summed E-state index contributed by atoms with van der Waals surface area (Å²) in [6.07, 6.45) is 6.70. The van der Waals surface area contributed by atoms with Crippen molar-refractivity contribution in [3.63, 3.8) is 0 Å². The zero-order chi connectivity index (χ0) is 20.5. The van der Waals surface area contributed by atoms with Crippen LogP contribution in [0.3, 0.4) is 0 Å². The van der Waals surface area contributed by atoms with E-state index in [-0.39, 0.29) is 11.4 Å². The van der Waals surface area contributed by atoms with E-state index in [0.717, 1.165) is 45.1 Å². The van der Waals surface area contributed by atoms with Crippen molar-refractivity contribution >= 4 is 17.7 Å². The Morgan fingerprint density at radius 3 is 2.57 bits per heavy atom. The van der Waals surface area contributed by atoms with Crippen molar-refractivity contribution in [1.82, 2.24) is 0 Å². The van der Waals surface area contributed by atoms with E-state index < -0.39 is 0 Å². The van der Waals surface area contributed by atoms with Gasteiger partial charge in [0.2, 0.25) is 0 Å². The molecule has 3 nitrogen and oxygen atoms in total. The number of aryl methyl sites for hydroxylation is 1. The fraction of sp³-hybridized carbons (Fsp3) is 0.708. The predicted molar refractivity (Wildman–Crippen MR) is 117 cm³/mol. The number of fused-ring (bicyclic) bond motifs is 2. The molecule has 2 fully saturated rings. The van der Waals surface area contributed by atoms with E-state index in [0.29, 0.717) is 25.2 Å². The van der Waals surface area contributed by atoms with Crippen LogP contribution in [0.25, 0.3) is 0 Å². The lowest BCUT2D eigenvalue weighted by Crippen LogP contribution is -2.16. The molecule has 0 heterocycles. The third-order valence-corrected chi connectivity index (χ3v) is 8.14. The summed E-state index contributed by atoms with van der Waals surface area (Å²) in [7, 11) is 0. The molecule has 0 radical (unpaired) electrons. The van der Waals surface area contributed by atoms with Crippen molar-refractivity contribution in [3.8, 4) is 5.75 Å². The average Bonchev–Trinajstić information content (AvgIpc) is 3.25. The highest BCUT2D eigenvalue weighted by Crippen LogP contribution is 2.49. The quantitative estimate of drug-likeness (QED) is 0.467. The van der Waals surface area contributed by atoms with Gasteiger partial charge in [0.1, 0.15) is 12.4 Å². The molecule has 0 spiro atoms. The monoisotopic (exact) mass is 404 g/mol. The number of phenols is 1. The first-order valence-corrected chi connectivity index (χ1v) is 11.8. The molecule has 0 aliphatic heterocycles. The van der Waals surface area contributed by atoms with Crippen molar-refractivity contribution < 1.29 is 14.6 Å². The number of carbonyl (C=O) groups is 1. The highest BCUT2D eigenvalue weighted by Gasteiger charge is 2.39. The first kappa shape index (κ1) is 21.5. The molecule has 3 unspecified atom stereocenters. The number of hydrogen-bond donors (Lipinski definition) is 1. The summed E-state index contributed by atoms with van der Waals surface area (Å²) < 4.78 is 5.49. The molecule has 1 aromatic rings. The largest absolute Gasteiger partial charge is 0.507 e. The van der Waals surface area contributed by atoms with Crippen LogP contribution in [0.4, 0.5) is 0 Å². The summed E-state index contributed by atoms with van der Waals surface area (Å²) in [6, 6.07) is 2.07. The second-order valence-corrected chi connectivity index (χ2v) is 11.1. The third kappa shape index (κ3) is 4.87. The van der Waals surface area contributed by atoms with E-state index in [9.17, 15) is 9.90 Å². The number of phenolic OH excluding ortho intramolecular Hbond substituents is 1. The number of carbonyl (C=O) groups excluding carboxylic acids is 1. The molecule has 2 saturated carbocycles. The Balaban J connectivity index is 1.46. The first-order chi connectivity index (χ1) is 13.2. The van der Waals surface area contributed by atoms with Crippen LogP contribution in [-0.4, -0.2) is 28.7 Å². The van der Waals surface area contributed by atoms with E-state index in [1.165, 1.54) is 25.7 Å². The molecule has 0 amide bonds. The SMILES string of the molecule is Cc1c(CCC(=O)OCCSC2CC3CCC2C3)cc(C(C)(C)C)c(O)c1C. The maximum absolute atomic E-state index is 12.2. The number of esters is 1. The van der Waals surface area contributed by atoms with Gasteiger partial charge in [-0.15, -0.1) is 0 Å². The maximum Gasteiger partial charge on any atom is 0.306 e. The lowest BCUT2D eigenvalue weighted by molar-refractivity contribution is -0.142. The molecular formula is C24H36O3S. The van der Waals surface area contributed by atoms with Crippen molar-refractivity contribution in [2.75, 3.05) is 12.4 Å². The van der Waals surface area contributed by atoms with Gasteiger partial charge >= 0.3 is 5.97 Å². The summed E-state index contributed by atoms with van der Waals surface area (Å²) in [5.74, 6) is 3.08. The van der Waals surface area contributed by atoms with Gasteiger partial charge in [0, 0.05) is 17.4 Å². The third-order valence-electron chi connectivity index (χ3n) is 6.73. The van der Waals surface area contributed by atoms with E-state index in [1.807, 2.05) is 25.6 Å². The minimum Gasteiger partial charge on any atom is -0.507 e. The number of ether oxygens (including phenoxy) is 1. The van der Waals surface area contributed by atoms with Crippen LogP contribution in [0, 0.1) is 25.7 Å². The Bertz CT molecular complexity index is 720. The zero-order valence-electron chi connectivity index (χ0n) is 18.1. The van der Waals surface area contributed by atoms with Crippen LogP contribution in [0.1, 0.15) is 75.1 Å². The van der Waals surface area contributed by atoms with Crippen molar-refractivity contribution in [3.05, 3.63) is 28.3 Å². The summed E-state index contributed by atoms with van der Waals surface area (Å²) >= 11 is 2.01. The molecule has 4 heteroatoms. The molecule has 156 valence electrons. The predicted octanol–water partition coefficient (Wildman–Crippen LogP) is 5.70. The van der Waals surface area contributed by atoms with Crippen LogP contribution < -0.4 is 0 Å². The number of aromatic hydroxyl groups is 1. The Labute approximate surface area is 174 Å². The fourth-order valence-corrected chi connectivity index (χ4v) is 6.27. The lowest BCUT2D eigenvalue weighted by Gasteiger charge is -2.24. The Kier molecular flexibility index (Phi) is 6.69. The molecule has 3 rings (SSSR count). The van der Waals surface area contributed by atoms with Crippen LogP contribution in [-0.2, 0) is 21.4 Å². The second kappa shape index (κ2) is 8.69. The van der Waals surface area contributed by atoms with Crippen molar-refractivity contribution in [2.24, 2.45) is 11.8 Å². The van der Waals surface area contributed by atoms with Crippen LogP contribution in [0.5, 0.6) is 5.75 Å². The van der Waals surface area contributed by atoms with Gasteiger partial charge in [0.05, 0.1) is 0 Å². The standard InChI is InChI=1S/C24H36O3S/c1-15-16(2)23(26)20(24(3,4)5)14-18(15)8-9-22(25)27-10-11-28-21-13-17-6-7-19(21)12-17/h14,17,19,21,26H,6-13H2,1-5H3. The molecule has 3 atom stereocenters. The van der Waals surface area contributed by atoms with Crippen LogP contribution in [0.15, 0.2) is 6.07 Å². The van der Waals surface area contributed by atoms with Gasteiger partial charge in [-0.2, -0.15) is 11.8 Å². The second-order valence-electron chi connectivity index (χ2n) is 9.74. The van der Waals surface area contributed by atoms with Gasteiger partial charge in [-0.05, 0) is 79.0 Å². The molecule has 28 heavy (non-hydrogen) atoms. The molecule has 2 aliphatic carbocycles. The average molecular weight is 405 g/mol. The zero-order valence-corrected chi connectivity index (χ0v) is 19.0. The van der Waals surface area contributed by atoms with Gasteiger partial charge < -0.3 is 9.84 Å². The number of rotatable bonds is 7. The van der Waals surface area contributed by atoms with Gasteiger partial charge in [-0.25, -0.2) is 0 Å². The summed E-state index contributed by atoms with van der Waals surface area (Å²) in [5, 5.41) is 11.3. The van der Waals surface area contributed by atoms with Gasteiger partial charge in [0.15, 0.2) is 0 Å². The topological polar surface area (TPSA) is 46.5 Å². The first-order valence-electron chi connectivity index (χ1n) is 10.8. The van der Waals surface area contributed by atoms with E-state index in [1.54, 1.807) is 0 Å². The van der Waals surface area contributed by atoms with Gasteiger partial charge in [-0.3, -0.25) is 4.79 Å². The molecule has 0 saturated heterocycles. The Morgan fingerprint density at radius 1 is 1.21 bits per heavy atom. The number of hydrogen-bond acceptors (Lipinski definition) is 4. The molecule has 2 bridgehead atoms. The van der Waals surface area contributed by atoms with Crippen LogP contribution >= 0.6 is 11.8 Å².